The molecule has 0 bridgehead atoms. The van der Waals surface area contributed by atoms with Crippen LogP contribution < -0.4 is 10.7 Å². The highest BCUT2D eigenvalue weighted by atomic mass is 14.8. The van der Waals surface area contributed by atoms with Gasteiger partial charge in [-0.2, -0.15) is 0 Å². The van der Waals surface area contributed by atoms with E-state index in [1.807, 2.05) is 0 Å². The number of nitrogens with one attached hydrogen (secondary N) is 1. The van der Waals surface area contributed by atoms with Crippen molar-refractivity contribution in [2.75, 3.05) is 0 Å². The number of hydrogen-bond donors (Lipinski definition) is 1. The highest BCUT2D eigenvalue weighted by molar-refractivity contribution is 6.17. The Labute approximate surface area is 293 Å². The van der Waals surface area contributed by atoms with Gasteiger partial charge in [-0.1, -0.05) is 140 Å². The molecule has 0 spiro atoms. The molecule has 0 saturated carbocycles. The molecule has 1 N–H and O–H groups in total. The Kier molecular flexibility index (Phi) is 5.96. The minimum Gasteiger partial charge on any atom is -0.354 e. The maximum Gasteiger partial charge on any atom is 0.0817 e. The van der Waals surface area contributed by atoms with Gasteiger partial charge in [0.05, 0.1) is 27.6 Å². The van der Waals surface area contributed by atoms with Crippen molar-refractivity contribution in [3.8, 4) is 55.6 Å². The van der Waals surface area contributed by atoms with Crippen molar-refractivity contribution in [3.05, 3.63) is 191 Å². The van der Waals surface area contributed by atoms with Gasteiger partial charge in [-0.15, -0.1) is 0 Å². The molecule has 0 saturated heterocycles. The number of aromatic amines is 1. The van der Waals surface area contributed by atoms with E-state index in [-0.39, 0.29) is 0 Å². The summed E-state index contributed by atoms with van der Waals surface area (Å²) < 4.78 is 0. The van der Waals surface area contributed by atoms with Crippen molar-refractivity contribution in [2.45, 2.75) is 0 Å². The summed E-state index contributed by atoms with van der Waals surface area (Å²) in [4.78, 5) is 14.4. The fraction of sp³-hybridized carbons (Fsp3) is 0. The number of benzene rings is 8. The lowest BCUT2D eigenvalue weighted by Gasteiger charge is -2.21. The Hall–Kier alpha value is -6.84. The predicted molar refractivity (Wildman–Crippen MR) is 209 cm³/mol. The lowest BCUT2D eigenvalue weighted by Crippen LogP contribution is -2.02. The van der Waals surface area contributed by atoms with E-state index in [9.17, 15) is 0 Å². The second-order valence-electron chi connectivity index (χ2n) is 13.3. The van der Waals surface area contributed by atoms with Gasteiger partial charge in [0.15, 0.2) is 0 Å². The maximum absolute atomic E-state index is 5.26. The first kappa shape index (κ1) is 28.0. The zero-order chi connectivity index (χ0) is 33.5. The van der Waals surface area contributed by atoms with Crippen molar-refractivity contribution >= 4 is 33.2 Å². The third-order valence-corrected chi connectivity index (χ3v) is 10.6. The van der Waals surface area contributed by atoms with Crippen molar-refractivity contribution in [1.82, 2.24) is 4.98 Å². The van der Waals surface area contributed by atoms with E-state index in [0.717, 1.165) is 55.0 Å². The zero-order valence-corrected chi connectivity index (χ0v) is 27.6. The maximum atomic E-state index is 5.26. The van der Waals surface area contributed by atoms with Gasteiger partial charge in [0.2, 0.25) is 0 Å². The van der Waals surface area contributed by atoms with Gasteiger partial charge in [0.25, 0.3) is 0 Å². The Balaban J connectivity index is 1.28. The smallest absolute Gasteiger partial charge is 0.0817 e. The Morgan fingerprint density at radius 3 is 1.80 bits per heavy atom. The van der Waals surface area contributed by atoms with Crippen molar-refractivity contribution < 1.29 is 0 Å². The van der Waals surface area contributed by atoms with Crippen LogP contribution in [0, 0.1) is 10.4 Å². The van der Waals surface area contributed by atoms with E-state index >= 15 is 0 Å². The first-order valence-corrected chi connectivity index (χ1v) is 17.4. The van der Waals surface area contributed by atoms with Crippen molar-refractivity contribution in [2.24, 2.45) is 9.98 Å². The molecule has 0 radical (unpaired) electrons. The first-order valence-electron chi connectivity index (χ1n) is 17.4. The van der Waals surface area contributed by atoms with Gasteiger partial charge in [-0.3, -0.25) is 0 Å². The normalized spacial score (nSPS) is 12.2. The molecule has 1 aromatic heterocycles. The van der Waals surface area contributed by atoms with Gasteiger partial charge < -0.3 is 4.98 Å². The summed E-state index contributed by atoms with van der Waals surface area (Å²) in [6.45, 7) is 0. The summed E-state index contributed by atoms with van der Waals surface area (Å²) in [5.41, 5.74) is 15.9. The number of H-pyrrole nitrogens is 1. The van der Waals surface area contributed by atoms with Gasteiger partial charge in [-0.05, 0) is 63.7 Å². The monoisotopic (exact) mass is 647 g/mol. The van der Waals surface area contributed by atoms with Crippen LogP contribution in [0.4, 0.5) is 11.4 Å². The van der Waals surface area contributed by atoms with Crippen LogP contribution in [0.5, 0.6) is 0 Å². The molecule has 3 heteroatoms. The number of rotatable bonds is 4. The van der Waals surface area contributed by atoms with Crippen LogP contribution in [0.15, 0.2) is 180 Å². The number of para-hydroxylation sites is 2. The zero-order valence-electron chi connectivity index (χ0n) is 27.6. The number of aromatic nitrogens is 1. The van der Waals surface area contributed by atoms with Crippen LogP contribution >= 0.6 is 0 Å². The minimum absolute atomic E-state index is 0.965. The molecule has 8 aromatic carbocycles. The molecule has 3 nitrogen and oxygen atoms in total. The lowest BCUT2D eigenvalue weighted by molar-refractivity contribution is 1.36. The molecule has 0 atom stereocenters. The van der Waals surface area contributed by atoms with Crippen LogP contribution in [0.25, 0.3) is 77.4 Å². The molecule has 0 unspecified atom stereocenters. The molecule has 236 valence electrons. The quantitative estimate of drug-likeness (QED) is 0.197. The van der Waals surface area contributed by atoms with E-state index in [2.05, 4.69) is 175 Å². The Morgan fingerprint density at radius 2 is 1.00 bits per heavy atom. The van der Waals surface area contributed by atoms with Gasteiger partial charge in [0, 0.05) is 49.0 Å². The molecule has 11 rings (SSSR count). The van der Waals surface area contributed by atoms with E-state index in [1.165, 1.54) is 54.9 Å². The molecular formula is C48H29N3. The summed E-state index contributed by atoms with van der Waals surface area (Å²) in [5.74, 6) is 0. The van der Waals surface area contributed by atoms with E-state index in [0.29, 0.717) is 0 Å². The van der Waals surface area contributed by atoms with Crippen LogP contribution in [0.3, 0.4) is 0 Å². The van der Waals surface area contributed by atoms with Crippen LogP contribution in [0.2, 0.25) is 0 Å². The molecule has 9 aromatic rings. The number of nitrogens with zero attached hydrogens (tertiary/aromatic N) is 2. The highest BCUT2D eigenvalue weighted by Gasteiger charge is 2.28. The van der Waals surface area contributed by atoms with Crippen LogP contribution in [-0.2, 0) is 0 Å². The fourth-order valence-corrected chi connectivity index (χ4v) is 8.35. The Morgan fingerprint density at radius 1 is 0.353 bits per heavy atom. The van der Waals surface area contributed by atoms with Crippen molar-refractivity contribution in [3.63, 3.8) is 0 Å². The van der Waals surface area contributed by atoms with E-state index < -0.39 is 0 Å². The standard InChI is InChI=1S/C48H29N3/c1-3-13-29(14-4-1)31-25-27-41-45(46-42(49-41)28-26-38-34-18-10-12-22-40(34)51-48(38)46)43(31)35-19-7-8-20-36(35)44-32(30-15-5-2-6-16-30)23-24-37-33-17-9-11-21-39(33)50-47(37)44/h1-28,50H. The molecule has 0 fully saturated rings. The average molecular weight is 648 g/mol. The number of hydrogen-bond acceptors (Lipinski definition) is 2. The average Bonchev–Trinajstić information content (AvgIpc) is 3.89. The highest BCUT2D eigenvalue weighted by Crippen LogP contribution is 2.52. The van der Waals surface area contributed by atoms with Gasteiger partial charge in [-0.25, -0.2) is 9.98 Å². The third kappa shape index (κ3) is 4.12. The van der Waals surface area contributed by atoms with E-state index in [4.69, 9.17) is 9.98 Å². The largest absolute Gasteiger partial charge is 0.354 e. The topological polar surface area (TPSA) is 40.5 Å². The molecular weight excluding hydrogens is 619 g/mol. The van der Waals surface area contributed by atoms with E-state index in [1.54, 1.807) is 0 Å². The SMILES string of the molecule is c1ccc(-c2ccc3c(c2-c2ccccc2-c2c(-c4ccccc4)ccc4c2[nH]c2ccccc24)-c2c4c(ccc2=N3)=c2ccccc2=N4)cc1. The molecule has 2 aliphatic rings. The summed E-state index contributed by atoms with van der Waals surface area (Å²) in [6, 6.07) is 60.9. The summed E-state index contributed by atoms with van der Waals surface area (Å²) in [6.07, 6.45) is 0. The molecule has 2 aliphatic heterocycles. The first-order chi connectivity index (χ1) is 25.3. The molecule has 0 aliphatic carbocycles. The molecule has 3 heterocycles. The molecule has 51 heavy (non-hydrogen) atoms. The van der Waals surface area contributed by atoms with Crippen LogP contribution in [0.1, 0.15) is 0 Å². The van der Waals surface area contributed by atoms with Gasteiger partial charge >= 0.3 is 0 Å². The Bertz CT molecular complexity index is 3120. The predicted octanol–water partition coefficient (Wildman–Crippen LogP) is 11.5. The summed E-state index contributed by atoms with van der Waals surface area (Å²) >= 11 is 0. The second-order valence-corrected chi connectivity index (χ2v) is 13.3. The summed E-state index contributed by atoms with van der Waals surface area (Å²) in [5, 5.41) is 6.74. The molecule has 0 amide bonds. The fourth-order valence-electron chi connectivity index (χ4n) is 8.35. The third-order valence-electron chi connectivity index (χ3n) is 10.6. The number of fused-ring (bicyclic) bond motifs is 9. The summed E-state index contributed by atoms with van der Waals surface area (Å²) in [7, 11) is 0. The minimum atomic E-state index is 0.965. The van der Waals surface area contributed by atoms with Crippen LogP contribution in [-0.4, -0.2) is 4.98 Å². The van der Waals surface area contributed by atoms with Crippen molar-refractivity contribution in [1.29, 1.82) is 0 Å². The second kappa shape index (κ2) is 10.8. The van der Waals surface area contributed by atoms with Gasteiger partial charge in [0.1, 0.15) is 0 Å². The lowest BCUT2D eigenvalue weighted by atomic mass is 9.82.